The summed E-state index contributed by atoms with van der Waals surface area (Å²) in [6.07, 6.45) is 0. The number of aromatic nitrogens is 2. The van der Waals surface area contributed by atoms with Crippen LogP contribution in [-0.2, 0) is 0 Å². The van der Waals surface area contributed by atoms with Crippen molar-refractivity contribution in [2.45, 2.75) is 0 Å². The molecule has 2 amide bonds. The first-order valence-electron chi connectivity index (χ1n) is 8.05. The lowest BCUT2D eigenvalue weighted by molar-refractivity contribution is 0.0796. The minimum Gasteiger partial charge on any atom is -0.491 e. The summed E-state index contributed by atoms with van der Waals surface area (Å²) in [5.41, 5.74) is 2.02. The topological polar surface area (TPSA) is 87.3 Å². The molecule has 8 heteroatoms. The van der Waals surface area contributed by atoms with E-state index in [9.17, 15) is 9.59 Å². The third-order valence-corrected chi connectivity index (χ3v) is 5.00. The van der Waals surface area contributed by atoms with E-state index in [1.165, 1.54) is 0 Å². The average Bonchev–Trinajstić information content (AvgIpc) is 3.31. The summed E-state index contributed by atoms with van der Waals surface area (Å²) in [5.74, 6) is 0.0461. The molecule has 4 rings (SSSR count). The lowest BCUT2D eigenvalue weighted by atomic mass is 10.1. The summed E-state index contributed by atoms with van der Waals surface area (Å²) in [7, 11) is 1.72. The highest BCUT2D eigenvalue weighted by Crippen LogP contribution is 2.27. The average molecular weight is 368 g/mol. The van der Waals surface area contributed by atoms with E-state index in [1.54, 1.807) is 47.5 Å². The van der Waals surface area contributed by atoms with Gasteiger partial charge in [0.1, 0.15) is 12.4 Å². The van der Waals surface area contributed by atoms with Gasteiger partial charge in [0.2, 0.25) is 0 Å². The van der Waals surface area contributed by atoms with Crippen molar-refractivity contribution < 1.29 is 14.3 Å². The first-order valence-corrected chi connectivity index (χ1v) is 8.93. The highest BCUT2D eigenvalue weighted by molar-refractivity contribution is 7.13. The molecule has 2 N–H and O–H groups in total. The molecule has 0 saturated heterocycles. The number of hydrogen-bond acceptors (Lipinski definition) is 5. The molecule has 132 valence electrons. The highest BCUT2D eigenvalue weighted by atomic mass is 32.1. The van der Waals surface area contributed by atoms with Gasteiger partial charge in [-0.05, 0) is 35.7 Å². The molecule has 0 atom stereocenters. The van der Waals surface area contributed by atoms with Crippen LogP contribution in [0, 0.1) is 0 Å². The van der Waals surface area contributed by atoms with Crippen LogP contribution in [0.25, 0.3) is 10.6 Å². The molecule has 26 heavy (non-hydrogen) atoms. The van der Waals surface area contributed by atoms with Gasteiger partial charge < -0.3 is 15.0 Å². The second kappa shape index (κ2) is 6.64. The van der Waals surface area contributed by atoms with Crippen LogP contribution in [0.15, 0.2) is 41.8 Å². The van der Waals surface area contributed by atoms with E-state index in [4.69, 9.17) is 4.74 Å². The molecule has 0 saturated carbocycles. The number of anilines is 1. The highest BCUT2D eigenvalue weighted by Gasteiger charge is 2.22. The molecule has 0 fully saturated rings. The second-order valence-electron chi connectivity index (χ2n) is 5.88. The van der Waals surface area contributed by atoms with Gasteiger partial charge in [-0.15, -0.1) is 11.3 Å². The van der Waals surface area contributed by atoms with Crippen molar-refractivity contribution in [1.82, 2.24) is 15.1 Å². The van der Waals surface area contributed by atoms with Gasteiger partial charge in [0.05, 0.1) is 22.7 Å². The molecule has 1 aromatic carbocycles. The third kappa shape index (κ3) is 3.06. The van der Waals surface area contributed by atoms with Crippen LogP contribution in [0.2, 0.25) is 0 Å². The number of likely N-dealkylation sites (N-methyl/N-ethyl adjacent to an activating group) is 1. The number of carbonyl (C=O) groups is 2. The minimum atomic E-state index is -0.348. The van der Waals surface area contributed by atoms with Gasteiger partial charge in [0.25, 0.3) is 11.8 Å². The van der Waals surface area contributed by atoms with Crippen molar-refractivity contribution in [3.05, 3.63) is 53.0 Å². The van der Waals surface area contributed by atoms with E-state index in [0.717, 1.165) is 10.6 Å². The van der Waals surface area contributed by atoms with E-state index < -0.39 is 0 Å². The van der Waals surface area contributed by atoms with Crippen LogP contribution >= 0.6 is 11.3 Å². The van der Waals surface area contributed by atoms with Gasteiger partial charge in [0, 0.05) is 12.7 Å². The van der Waals surface area contributed by atoms with Crippen molar-refractivity contribution in [2.75, 3.05) is 25.5 Å². The SMILES string of the molecule is CN1CCOc2ccc(NC(=O)c3cc(-c4cccs4)[nH]n3)cc2C1=O. The van der Waals surface area contributed by atoms with Crippen LogP contribution in [0.3, 0.4) is 0 Å². The van der Waals surface area contributed by atoms with Crippen molar-refractivity contribution in [3.8, 4) is 16.3 Å². The van der Waals surface area contributed by atoms with E-state index in [0.29, 0.717) is 30.2 Å². The Morgan fingerprint density at radius 1 is 1.35 bits per heavy atom. The Morgan fingerprint density at radius 2 is 2.23 bits per heavy atom. The monoisotopic (exact) mass is 368 g/mol. The Hall–Kier alpha value is -3.13. The number of benzene rings is 1. The quantitative estimate of drug-likeness (QED) is 0.744. The fraction of sp³-hybridized carbons (Fsp3) is 0.167. The molecule has 3 heterocycles. The van der Waals surface area contributed by atoms with Crippen LogP contribution in [0.1, 0.15) is 20.8 Å². The molecule has 7 nitrogen and oxygen atoms in total. The maximum atomic E-state index is 12.5. The van der Waals surface area contributed by atoms with Gasteiger partial charge in [0.15, 0.2) is 5.69 Å². The summed E-state index contributed by atoms with van der Waals surface area (Å²) in [5, 5.41) is 11.7. The van der Waals surface area contributed by atoms with Gasteiger partial charge in [-0.3, -0.25) is 14.7 Å². The summed E-state index contributed by atoms with van der Waals surface area (Å²) in [6, 6.07) is 10.6. The molecule has 0 aliphatic carbocycles. The first-order chi connectivity index (χ1) is 12.6. The van der Waals surface area contributed by atoms with E-state index in [1.807, 2.05) is 17.5 Å². The van der Waals surface area contributed by atoms with Crippen molar-refractivity contribution >= 4 is 28.8 Å². The van der Waals surface area contributed by atoms with E-state index in [-0.39, 0.29) is 17.5 Å². The van der Waals surface area contributed by atoms with Crippen molar-refractivity contribution in [3.63, 3.8) is 0 Å². The standard InChI is InChI=1S/C18H16N4O3S/c1-22-6-7-25-15-5-4-11(9-12(15)18(22)24)19-17(23)14-10-13(20-21-14)16-3-2-8-26-16/h2-5,8-10H,6-7H2,1H3,(H,19,23)(H,20,21). The Bertz CT molecular complexity index is 965. The summed E-state index contributed by atoms with van der Waals surface area (Å²) in [4.78, 5) is 27.5. The Labute approximate surface area is 153 Å². The lowest BCUT2D eigenvalue weighted by Crippen LogP contribution is -2.27. The predicted octanol–water partition coefficient (Wildman–Crippen LogP) is 2.85. The van der Waals surface area contributed by atoms with Crippen LogP contribution in [-0.4, -0.2) is 47.1 Å². The first kappa shape index (κ1) is 16.3. The molecular formula is C18H16N4O3S. The van der Waals surface area contributed by atoms with Gasteiger partial charge >= 0.3 is 0 Å². The molecule has 2 aromatic heterocycles. The molecule has 0 radical (unpaired) electrons. The van der Waals surface area contributed by atoms with Crippen LogP contribution < -0.4 is 10.1 Å². The number of nitrogens with zero attached hydrogens (tertiary/aromatic N) is 2. The number of carbonyl (C=O) groups excluding carboxylic acids is 2. The molecule has 0 bridgehead atoms. The summed E-state index contributed by atoms with van der Waals surface area (Å²) >= 11 is 1.56. The Kier molecular flexibility index (Phi) is 4.18. The number of aromatic amines is 1. The van der Waals surface area contributed by atoms with Crippen LogP contribution in [0.4, 0.5) is 5.69 Å². The van der Waals surface area contributed by atoms with E-state index in [2.05, 4.69) is 15.5 Å². The normalized spacial score (nSPS) is 13.7. The molecule has 1 aliphatic rings. The van der Waals surface area contributed by atoms with E-state index >= 15 is 0 Å². The van der Waals surface area contributed by atoms with Gasteiger partial charge in [-0.1, -0.05) is 6.07 Å². The molecule has 1 aliphatic heterocycles. The van der Waals surface area contributed by atoms with Crippen LogP contribution in [0.5, 0.6) is 5.75 Å². The largest absolute Gasteiger partial charge is 0.491 e. The zero-order valence-corrected chi connectivity index (χ0v) is 14.8. The molecule has 0 unspecified atom stereocenters. The zero-order valence-electron chi connectivity index (χ0n) is 14.0. The maximum absolute atomic E-state index is 12.5. The molecule has 0 spiro atoms. The number of rotatable bonds is 3. The number of thiophene rings is 1. The number of amides is 2. The summed E-state index contributed by atoms with van der Waals surface area (Å²) in [6.45, 7) is 0.966. The smallest absolute Gasteiger partial charge is 0.276 e. The number of nitrogens with one attached hydrogen (secondary N) is 2. The second-order valence-corrected chi connectivity index (χ2v) is 6.83. The zero-order chi connectivity index (χ0) is 18.1. The molecular weight excluding hydrogens is 352 g/mol. The number of fused-ring (bicyclic) bond motifs is 1. The van der Waals surface area contributed by atoms with Gasteiger partial charge in [-0.2, -0.15) is 5.10 Å². The lowest BCUT2D eigenvalue weighted by Gasteiger charge is -2.13. The van der Waals surface area contributed by atoms with Gasteiger partial charge in [-0.25, -0.2) is 0 Å². The van der Waals surface area contributed by atoms with Crippen molar-refractivity contribution in [2.24, 2.45) is 0 Å². The fourth-order valence-corrected chi connectivity index (χ4v) is 3.38. The maximum Gasteiger partial charge on any atom is 0.276 e. The number of H-pyrrole nitrogens is 1. The number of hydrogen-bond donors (Lipinski definition) is 2. The van der Waals surface area contributed by atoms with Crippen molar-refractivity contribution in [1.29, 1.82) is 0 Å². The minimum absolute atomic E-state index is 0.131. The Morgan fingerprint density at radius 3 is 3.04 bits per heavy atom. The number of ether oxygens (including phenoxy) is 1. The fourth-order valence-electron chi connectivity index (χ4n) is 2.69. The predicted molar refractivity (Wildman–Crippen MR) is 98.8 cm³/mol. The summed E-state index contributed by atoms with van der Waals surface area (Å²) < 4.78 is 5.59. The third-order valence-electron chi connectivity index (χ3n) is 4.10. The molecule has 3 aromatic rings. The Balaban J connectivity index is 1.55.